The molecule has 0 bridgehead atoms. The van der Waals surface area contributed by atoms with Crippen molar-refractivity contribution in [1.29, 1.82) is 0 Å². The fourth-order valence-corrected chi connectivity index (χ4v) is 2.54. The molecule has 0 radical (unpaired) electrons. The second-order valence-corrected chi connectivity index (χ2v) is 5.54. The number of urea groups is 1. The van der Waals surface area contributed by atoms with Crippen molar-refractivity contribution in [3.8, 4) is 0 Å². The molecule has 0 atom stereocenters. The van der Waals surface area contributed by atoms with Crippen molar-refractivity contribution in [2.45, 2.75) is 4.90 Å². The number of primary amides is 2. The summed E-state index contributed by atoms with van der Waals surface area (Å²) in [6.07, 6.45) is 0. The fraction of sp³-hybridized carbons (Fsp3) is 0.200. The summed E-state index contributed by atoms with van der Waals surface area (Å²) in [7, 11) is -3.85. The van der Waals surface area contributed by atoms with Gasteiger partial charge >= 0.3 is 6.03 Å². The normalized spacial score (nSPS) is 11.0. The lowest BCUT2D eigenvalue weighted by Crippen LogP contribution is -2.37. The zero-order chi connectivity index (χ0) is 15.3. The van der Waals surface area contributed by atoms with Crippen LogP contribution in [-0.4, -0.2) is 33.4 Å². The predicted octanol–water partition coefficient (Wildman–Crippen LogP) is -1.69. The van der Waals surface area contributed by atoms with Crippen LogP contribution in [0.2, 0.25) is 0 Å². The third kappa shape index (κ3) is 4.10. The average Bonchev–Trinajstić information content (AvgIpc) is 2.34. The van der Waals surface area contributed by atoms with Crippen LogP contribution in [0.5, 0.6) is 0 Å². The van der Waals surface area contributed by atoms with Crippen LogP contribution in [0.3, 0.4) is 0 Å². The van der Waals surface area contributed by atoms with Gasteiger partial charge in [-0.3, -0.25) is 4.79 Å². The topological polar surface area (TPSA) is 170 Å². The molecule has 0 aliphatic carbocycles. The Labute approximate surface area is 115 Å². The van der Waals surface area contributed by atoms with Crippen LogP contribution in [0, 0.1) is 0 Å². The molecule has 8 N–H and O–H groups in total. The highest BCUT2D eigenvalue weighted by molar-refractivity contribution is 7.89. The third-order valence-electron chi connectivity index (χ3n) is 2.30. The summed E-state index contributed by atoms with van der Waals surface area (Å²) >= 11 is 0. The molecule has 0 spiro atoms. The maximum absolute atomic E-state index is 11.9. The SMILES string of the molecule is NC(=O)NCCNS(=O)(=O)c1ccc(C(N)=O)cc1N. The summed E-state index contributed by atoms with van der Waals surface area (Å²) in [5.74, 6) is -0.709. The molecule has 0 aromatic heterocycles. The Morgan fingerprint density at radius 3 is 2.30 bits per heavy atom. The first-order chi connectivity index (χ1) is 9.24. The molecule has 1 aromatic carbocycles. The lowest BCUT2D eigenvalue weighted by atomic mass is 10.2. The Hall–Kier alpha value is -2.33. The first-order valence-corrected chi connectivity index (χ1v) is 6.94. The number of nitrogen functional groups attached to an aromatic ring is 1. The maximum Gasteiger partial charge on any atom is 0.312 e. The van der Waals surface area contributed by atoms with Gasteiger partial charge in [-0.15, -0.1) is 0 Å². The summed E-state index contributed by atoms with van der Waals surface area (Å²) in [4.78, 5) is 21.2. The predicted molar refractivity (Wildman–Crippen MR) is 72.1 cm³/mol. The standard InChI is InChI=1S/C10H15N5O4S/c11-7-5-6(9(12)16)1-2-8(7)20(18,19)15-4-3-14-10(13)17/h1-2,5,15H,3-4,11H2,(H2,12,16)(H3,13,14,17). The van der Waals surface area contributed by atoms with Gasteiger partial charge in [0.15, 0.2) is 0 Å². The van der Waals surface area contributed by atoms with E-state index in [0.717, 1.165) is 0 Å². The number of nitrogens with one attached hydrogen (secondary N) is 2. The van der Waals surface area contributed by atoms with Gasteiger partial charge in [0.05, 0.1) is 5.69 Å². The van der Waals surface area contributed by atoms with E-state index in [1.54, 1.807) is 0 Å². The summed E-state index contributed by atoms with van der Waals surface area (Å²) < 4.78 is 26.1. The lowest BCUT2D eigenvalue weighted by Gasteiger charge is -2.10. The van der Waals surface area contributed by atoms with Crippen molar-refractivity contribution in [2.75, 3.05) is 18.8 Å². The second kappa shape index (κ2) is 6.21. The lowest BCUT2D eigenvalue weighted by molar-refractivity contribution is 0.1000. The van der Waals surface area contributed by atoms with E-state index in [1.165, 1.54) is 18.2 Å². The van der Waals surface area contributed by atoms with Gasteiger partial charge in [-0.2, -0.15) is 0 Å². The van der Waals surface area contributed by atoms with E-state index in [4.69, 9.17) is 17.2 Å². The highest BCUT2D eigenvalue weighted by atomic mass is 32.2. The molecule has 0 heterocycles. The van der Waals surface area contributed by atoms with Crippen molar-refractivity contribution < 1.29 is 18.0 Å². The molecular formula is C10H15N5O4S. The number of carbonyl (C=O) groups excluding carboxylic acids is 2. The van der Waals surface area contributed by atoms with E-state index in [0.29, 0.717) is 0 Å². The summed E-state index contributed by atoms with van der Waals surface area (Å²) in [6.45, 7) is -0.0177. The molecule has 0 aliphatic rings. The number of sulfonamides is 1. The van der Waals surface area contributed by atoms with E-state index < -0.39 is 22.0 Å². The fourth-order valence-electron chi connectivity index (χ4n) is 1.40. The number of benzene rings is 1. The maximum atomic E-state index is 11.9. The minimum Gasteiger partial charge on any atom is -0.398 e. The van der Waals surface area contributed by atoms with Crippen molar-refractivity contribution in [1.82, 2.24) is 10.0 Å². The van der Waals surface area contributed by atoms with Gasteiger partial charge in [0, 0.05) is 18.7 Å². The minimum atomic E-state index is -3.85. The van der Waals surface area contributed by atoms with Crippen LogP contribution >= 0.6 is 0 Å². The van der Waals surface area contributed by atoms with Crippen LogP contribution in [0.1, 0.15) is 10.4 Å². The number of carbonyl (C=O) groups is 2. The molecule has 0 saturated heterocycles. The zero-order valence-corrected chi connectivity index (χ0v) is 11.2. The second-order valence-electron chi connectivity index (χ2n) is 3.81. The van der Waals surface area contributed by atoms with Crippen molar-refractivity contribution >= 4 is 27.6 Å². The van der Waals surface area contributed by atoms with Gasteiger partial charge in [-0.25, -0.2) is 17.9 Å². The molecule has 0 saturated carbocycles. The number of amides is 3. The van der Waals surface area contributed by atoms with Crippen LogP contribution in [0.15, 0.2) is 23.1 Å². The molecule has 0 aliphatic heterocycles. The van der Waals surface area contributed by atoms with Gasteiger partial charge in [0.25, 0.3) is 0 Å². The monoisotopic (exact) mass is 301 g/mol. The molecule has 1 rings (SSSR count). The van der Waals surface area contributed by atoms with Crippen LogP contribution < -0.4 is 27.2 Å². The first-order valence-electron chi connectivity index (χ1n) is 5.46. The molecule has 10 heteroatoms. The minimum absolute atomic E-state index is 0.0356. The van der Waals surface area contributed by atoms with Crippen molar-refractivity contribution in [3.05, 3.63) is 23.8 Å². The van der Waals surface area contributed by atoms with E-state index in [1.807, 2.05) is 0 Å². The van der Waals surface area contributed by atoms with Crippen LogP contribution in [-0.2, 0) is 10.0 Å². The highest BCUT2D eigenvalue weighted by Gasteiger charge is 2.17. The van der Waals surface area contributed by atoms with Gasteiger partial charge in [0.2, 0.25) is 15.9 Å². The van der Waals surface area contributed by atoms with Crippen LogP contribution in [0.25, 0.3) is 0 Å². The van der Waals surface area contributed by atoms with Gasteiger partial charge in [-0.05, 0) is 18.2 Å². The molecule has 1 aromatic rings. The average molecular weight is 301 g/mol. The Morgan fingerprint density at radius 1 is 1.15 bits per heavy atom. The highest BCUT2D eigenvalue weighted by Crippen LogP contribution is 2.19. The van der Waals surface area contributed by atoms with Gasteiger partial charge in [0.1, 0.15) is 4.90 Å². The largest absolute Gasteiger partial charge is 0.398 e. The molecule has 110 valence electrons. The van der Waals surface area contributed by atoms with Crippen LogP contribution in [0.4, 0.5) is 10.5 Å². The molecular weight excluding hydrogens is 286 g/mol. The number of nitrogens with two attached hydrogens (primary N) is 3. The number of rotatable bonds is 6. The summed E-state index contributed by atoms with van der Waals surface area (Å²) in [5, 5.41) is 2.23. The smallest absolute Gasteiger partial charge is 0.312 e. The number of hydrogen-bond acceptors (Lipinski definition) is 5. The summed E-state index contributed by atoms with van der Waals surface area (Å²) in [6, 6.07) is 2.86. The quantitative estimate of drug-likeness (QED) is 0.311. The molecule has 0 unspecified atom stereocenters. The van der Waals surface area contributed by atoms with Crippen molar-refractivity contribution in [3.63, 3.8) is 0 Å². The van der Waals surface area contributed by atoms with E-state index in [9.17, 15) is 18.0 Å². The van der Waals surface area contributed by atoms with Gasteiger partial charge < -0.3 is 22.5 Å². The Bertz CT molecular complexity index is 629. The molecule has 3 amide bonds. The third-order valence-corrected chi connectivity index (χ3v) is 3.84. The number of hydrogen-bond donors (Lipinski definition) is 5. The number of anilines is 1. The van der Waals surface area contributed by atoms with E-state index in [-0.39, 0.29) is 29.2 Å². The molecule has 20 heavy (non-hydrogen) atoms. The van der Waals surface area contributed by atoms with E-state index in [2.05, 4.69) is 10.0 Å². The van der Waals surface area contributed by atoms with Gasteiger partial charge in [-0.1, -0.05) is 0 Å². The Morgan fingerprint density at radius 2 is 1.80 bits per heavy atom. The zero-order valence-electron chi connectivity index (χ0n) is 10.4. The molecule has 9 nitrogen and oxygen atoms in total. The Balaban J connectivity index is 2.82. The van der Waals surface area contributed by atoms with Crippen molar-refractivity contribution in [2.24, 2.45) is 11.5 Å². The Kier molecular flexibility index (Phi) is 4.88. The summed E-state index contributed by atoms with van der Waals surface area (Å²) in [5.41, 5.74) is 15.5. The van der Waals surface area contributed by atoms with E-state index >= 15 is 0 Å². The first kappa shape index (κ1) is 15.7. The molecule has 0 fully saturated rings.